The van der Waals surface area contributed by atoms with Crippen molar-refractivity contribution in [3.05, 3.63) is 29.3 Å². The van der Waals surface area contributed by atoms with Gasteiger partial charge >= 0.3 is 0 Å². The maximum atomic E-state index is 11.9. The van der Waals surface area contributed by atoms with E-state index in [0.29, 0.717) is 22.5 Å². The largest absolute Gasteiger partial charge is 0.313 e. The van der Waals surface area contributed by atoms with E-state index in [1.54, 1.807) is 24.3 Å². The van der Waals surface area contributed by atoms with Gasteiger partial charge in [0.1, 0.15) is 0 Å². The number of sulfone groups is 1. The molecule has 0 heterocycles. The molecule has 6 heteroatoms. The third-order valence-corrected chi connectivity index (χ3v) is 4.63. The lowest BCUT2D eigenvalue weighted by Gasteiger charge is -2.11. The van der Waals surface area contributed by atoms with Gasteiger partial charge in [0, 0.05) is 17.6 Å². The highest BCUT2D eigenvalue weighted by atomic mass is 35.5. The molecule has 1 atom stereocenters. The van der Waals surface area contributed by atoms with E-state index in [1.807, 2.05) is 6.92 Å². The Bertz CT molecular complexity index is 446. The van der Waals surface area contributed by atoms with E-state index < -0.39 is 9.84 Å². The van der Waals surface area contributed by atoms with Gasteiger partial charge < -0.3 is 5.32 Å². The normalized spacial score (nSPS) is 12.8. The van der Waals surface area contributed by atoms with Crippen molar-refractivity contribution in [3.8, 4) is 0 Å². The van der Waals surface area contributed by atoms with Crippen molar-refractivity contribution in [2.45, 2.75) is 31.2 Å². The Kier molecular flexibility index (Phi) is 7.87. The summed E-state index contributed by atoms with van der Waals surface area (Å²) in [5.74, 6) is 0.110. The molecule has 1 aromatic carbocycles. The second-order valence-electron chi connectivity index (χ2n) is 4.04. The molecule has 18 heavy (non-hydrogen) atoms. The number of rotatable bonds is 6. The van der Waals surface area contributed by atoms with E-state index in [9.17, 15) is 8.42 Å². The number of nitrogens with one attached hydrogen (secondary N) is 1. The fraction of sp³-hybridized carbons (Fsp3) is 0.500. The highest BCUT2D eigenvalue weighted by Crippen LogP contribution is 2.15. The van der Waals surface area contributed by atoms with Crippen LogP contribution in [0.25, 0.3) is 0 Å². The Balaban J connectivity index is 0.00000289. The predicted octanol–water partition coefficient (Wildman–Crippen LogP) is 2.92. The van der Waals surface area contributed by atoms with E-state index in [4.69, 9.17) is 11.6 Å². The first-order valence-electron chi connectivity index (χ1n) is 5.67. The van der Waals surface area contributed by atoms with Crippen LogP contribution < -0.4 is 5.32 Å². The SMILES string of the molecule is CCC(C)NCCS(=O)(=O)c1ccc(Cl)cc1.Cl. The molecule has 104 valence electrons. The quantitative estimate of drug-likeness (QED) is 0.878. The van der Waals surface area contributed by atoms with Crippen LogP contribution >= 0.6 is 24.0 Å². The first-order valence-corrected chi connectivity index (χ1v) is 7.70. The van der Waals surface area contributed by atoms with Gasteiger partial charge in [-0.1, -0.05) is 18.5 Å². The summed E-state index contributed by atoms with van der Waals surface area (Å²) in [4.78, 5) is 0.327. The number of halogens is 2. The average Bonchev–Trinajstić information content (AvgIpc) is 2.29. The summed E-state index contributed by atoms with van der Waals surface area (Å²) in [6.45, 7) is 4.57. The molecule has 0 aromatic heterocycles. The first-order chi connectivity index (χ1) is 7.95. The molecule has 1 rings (SSSR count). The highest BCUT2D eigenvalue weighted by molar-refractivity contribution is 7.91. The third-order valence-electron chi connectivity index (χ3n) is 2.65. The Morgan fingerprint density at radius 3 is 2.33 bits per heavy atom. The van der Waals surface area contributed by atoms with Crippen LogP contribution in [0.2, 0.25) is 5.02 Å². The minimum atomic E-state index is -3.20. The standard InChI is InChI=1S/C12H18ClNO2S.ClH/c1-3-10(2)14-8-9-17(15,16)12-6-4-11(13)5-7-12;/h4-7,10,14H,3,8-9H2,1-2H3;1H. The highest BCUT2D eigenvalue weighted by Gasteiger charge is 2.13. The summed E-state index contributed by atoms with van der Waals surface area (Å²) in [6.07, 6.45) is 0.987. The lowest BCUT2D eigenvalue weighted by atomic mass is 10.3. The number of hydrogen-bond donors (Lipinski definition) is 1. The van der Waals surface area contributed by atoms with E-state index >= 15 is 0 Å². The second-order valence-corrected chi connectivity index (χ2v) is 6.58. The van der Waals surface area contributed by atoms with E-state index in [-0.39, 0.29) is 18.2 Å². The van der Waals surface area contributed by atoms with Gasteiger partial charge in [-0.2, -0.15) is 0 Å². The average molecular weight is 312 g/mol. The van der Waals surface area contributed by atoms with Gasteiger partial charge in [-0.05, 0) is 37.6 Å². The molecule has 0 fully saturated rings. The maximum absolute atomic E-state index is 11.9. The van der Waals surface area contributed by atoms with Crippen molar-refractivity contribution in [3.63, 3.8) is 0 Å². The lowest BCUT2D eigenvalue weighted by Crippen LogP contribution is -2.30. The molecule has 0 radical (unpaired) electrons. The second kappa shape index (κ2) is 8.00. The molecule has 1 N–H and O–H groups in total. The summed E-state index contributed by atoms with van der Waals surface area (Å²) in [6, 6.07) is 6.62. The van der Waals surface area contributed by atoms with E-state index in [0.717, 1.165) is 6.42 Å². The molecule has 0 bridgehead atoms. The van der Waals surface area contributed by atoms with Crippen LogP contribution in [0, 0.1) is 0 Å². The van der Waals surface area contributed by atoms with Crippen molar-refractivity contribution in [1.82, 2.24) is 5.32 Å². The fourth-order valence-corrected chi connectivity index (χ4v) is 2.64. The molecule has 0 spiro atoms. The number of benzene rings is 1. The van der Waals surface area contributed by atoms with Crippen LogP contribution in [0.15, 0.2) is 29.2 Å². The van der Waals surface area contributed by atoms with Crippen molar-refractivity contribution >= 4 is 33.8 Å². The molecule has 0 saturated carbocycles. The third kappa shape index (κ3) is 5.57. The molecular weight excluding hydrogens is 293 g/mol. The van der Waals surface area contributed by atoms with E-state index in [2.05, 4.69) is 12.2 Å². The molecular formula is C12H19Cl2NO2S. The summed E-state index contributed by atoms with van der Waals surface area (Å²) in [5, 5.41) is 3.71. The van der Waals surface area contributed by atoms with E-state index in [1.165, 1.54) is 0 Å². The van der Waals surface area contributed by atoms with Gasteiger partial charge in [0.05, 0.1) is 10.6 Å². The van der Waals surface area contributed by atoms with Crippen LogP contribution in [0.3, 0.4) is 0 Å². The Morgan fingerprint density at radius 2 is 1.83 bits per heavy atom. The van der Waals surface area contributed by atoms with Crippen LogP contribution in [-0.4, -0.2) is 26.8 Å². The van der Waals surface area contributed by atoms with Crippen LogP contribution in [-0.2, 0) is 9.84 Å². The first kappa shape index (κ1) is 17.7. The number of hydrogen-bond acceptors (Lipinski definition) is 3. The van der Waals surface area contributed by atoms with Crippen molar-refractivity contribution < 1.29 is 8.42 Å². The minimum absolute atomic E-state index is 0. The summed E-state index contributed by atoms with van der Waals surface area (Å²) < 4.78 is 23.9. The monoisotopic (exact) mass is 311 g/mol. The minimum Gasteiger partial charge on any atom is -0.313 e. The van der Waals surface area contributed by atoms with Gasteiger partial charge in [0.2, 0.25) is 0 Å². The molecule has 0 saturated heterocycles. The van der Waals surface area contributed by atoms with Gasteiger partial charge in [-0.25, -0.2) is 8.42 Å². The van der Waals surface area contributed by atoms with Crippen LogP contribution in [0.4, 0.5) is 0 Å². The van der Waals surface area contributed by atoms with Gasteiger partial charge in [-0.3, -0.25) is 0 Å². The summed E-state index contributed by atoms with van der Waals surface area (Å²) in [5.41, 5.74) is 0. The zero-order valence-electron chi connectivity index (χ0n) is 10.5. The Morgan fingerprint density at radius 1 is 1.28 bits per heavy atom. The molecule has 0 aliphatic rings. The van der Waals surface area contributed by atoms with Crippen molar-refractivity contribution in [2.24, 2.45) is 0 Å². The summed E-state index contributed by atoms with van der Waals surface area (Å²) >= 11 is 5.72. The summed E-state index contributed by atoms with van der Waals surface area (Å²) in [7, 11) is -3.20. The molecule has 3 nitrogen and oxygen atoms in total. The predicted molar refractivity (Wildman–Crippen MR) is 78.5 cm³/mol. The van der Waals surface area contributed by atoms with Crippen LogP contribution in [0.1, 0.15) is 20.3 Å². The zero-order chi connectivity index (χ0) is 12.9. The topological polar surface area (TPSA) is 46.2 Å². The smallest absolute Gasteiger partial charge is 0.179 e. The molecule has 1 aromatic rings. The molecule has 0 aliphatic carbocycles. The lowest BCUT2D eigenvalue weighted by molar-refractivity contribution is 0.544. The van der Waals surface area contributed by atoms with Crippen LogP contribution in [0.5, 0.6) is 0 Å². The fourth-order valence-electron chi connectivity index (χ4n) is 1.34. The zero-order valence-corrected chi connectivity index (χ0v) is 12.9. The Hall–Kier alpha value is -0.290. The molecule has 0 amide bonds. The van der Waals surface area contributed by atoms with Gasteiger partial charge in [0.25, 0.3) is 0 Å². The maximum Gasteiger partial charge on any atom is 0.179 e. The van der Waals surface area contributed by atoms with Crippen molar-refractivity contribution in [1.29, 1.82) is 0 Å². The molecule has 0 aliphatic heterocycles. The van der Waals surface area contributed by atoms with Crippen molar-refractivity contribution in [2.75, 3.05) is 12.3 Å². The Labute approximate surface area is 120 Å². The molecule has 1 unspecified atom stereocenters. The van der Waals surface area contributed by atoms with Gasteiger partial charge in [0.15, 0.2) is 9.84 Å². The van der Waals surface area contributed by atoms with Gasteiger partial charge in [-0.15, -0.1) is 12.4 Å².